The van der Waals surface area contributed by atoms with Crippen molar-refractivity contribution in [1.29, 1.82) is 0 Å². The molecule has 0 spiro atoms. The number of thiophene rings is 1. The molecule has 0 aliphatic heterocycles. The average Bonchev–Trinajstić information content (AvgIpc) is 3.46. The first kappa shape index (κ1) is 25.5. The molecule has 1 amide bonds. The number of nitrogens with one attached hydrogen (secondary N) is 3. The average molecular weight is 564 g/mol. The third kappa shape index (κ3) is 5.54. The van der Waals surface area contributed by atoms with Gasteiger partial charge in [-0.05, 0) is 71.4 Å². The van der Waals surface area contributed by atoms with E-state index in [0.717, 1.165) is 22.1 Å². The van der Waals surface area contributed by atoms with E-state index in [1.807, 2.05) is 30.3 Å². The highest BCUT2D eigenvalue weighted by Crippen LogP contribution is 2.26. The van der Waals surface area contributed by atoms with Gasteiger partial charge in [-0.1, -0.05) is 42.5 Å². The van der Waals surface area contributed by atoms with Gasteiger partial charge in [-0.15, -0.1) is 11.3 Å². The summed E-state index contributed by atoms with van der Waals surface area (Å²) in [6.07, 6.45) is 0. The maximum Gasteiger partial charge on any atom is 0.271 e. The van der Waals surface area contributed by atoms with Crippen LogP contribution in [0.3, 0.4) is 0 Å². The van der Waals surface area contributed by atoms with Gasteiger partial charge in [0.15, 0.2) is 0 Å². The maximum absolute atomic E-state index is 13.0. The number of benzene rings is 4. The zero-order chi connectivity index (χ0) is 26.8. The summed E-state index contributed by atoms with van der Waals surface area (Å²) in [7, 11) is -7.54. The minimum absolute atomic E-state index is 0.0470. The molecule has 3 N–H and O–H groups in total. The van der Waals surface area contributed by atoms with Gasteiger partial charge in [0.1, 0.15) is 4.21 Å². The molecule has 1 heterocycles. The number of anilines is 3. The van der Waals surface area contributed by atoms with E-state index in [2.05, 4.69) is 14.8 Å². The molecular formula is C27H21N3O5S3. The van der Waals surface area contributed by atoms with Crippen molar-refractivity contribution in [3.05, 3.63) is 114 Å². The second-order valence-corrected chi connectivity index (χ2v) is 12.8. The maximum atomic E-state index is 13.0. The fraction of sp³-hybridized carbons (Fsp3) is 0. The summed E-state index contributed by atoms with van der Waals surface area (Å²) in [5.74, 6) is -0.429. The van der Waals surface area contributed by atoms with E-state index in [0.29, 0.717) is 22.6 Å². The standard InChI is InChI=1S/C27H21N3O5S3/c31-27(20-10-12-22(13-11-20)29-38(34,35)26-9-4-18-36-26)28-21-14-16-23(17-15-21)37(32,33)30-25-8-3-6-19-5-1-2-7-24(19)25/h1-18,29-30H,(H,28,31). The van der Waals surface area contributed by atoms with Crippen molar-refractivity contribution in [3.8, 4) is 0 Å². The van der Waals surface area contributed by atoms with Crippen LogP contribution in [0.5, 0.6) is 0 Å². The number of sulfonamides is 2. The molecule has 192 valence electrons. The van der Waals surface area contributed by atoms with Crippen molar-refractivity contribution in [2.45, 2.75) is 9.10 Å². The van der Waals surface area contributed by atoms with Crippen LogP contribution in [0.25, 0.3) is 10.8 Å². The summed E-state index contributed by atoms with van der Waals surface area (Å²) in [4.78, 5) is 12.7. The molecule has 5 rings (SSSR count). The van der Waals surface area contributed by atoms with Crippen LogP contribution in [0.4, 0.5) is 17.1 Å². The molecule has 4 aromatic carbocycles. The lowest BCUT2D eigenvalue weighted by molar-refractivity contribution is 0.102. The van der Waals surface area contributed by atoms with Crippen molar-refractivity contribution in [2.24, 2.45) is 0 Å². The molecule has 0 unspecified atom stereocenters. The van der Waals surface area contributed by atoms with Crippen LogP contribution in [0.2, 0.25) is 0 Å². The third-order valence-corrected chi connectivity index (χ3v) is 9.78. The van der Waals surface area contributed by atoms with E-state index in [4.69, 9.17) is 0 Å². The van der Waals surface area contributed by atoms with E-state index >= 15 is 0 Å². The Labute approximate surface area is 224 Å². The van der Waals surface area contributed by atoms with Crippen LogP contribution in [0.15, 0.2) is 118 Å². The van der Waals surface area contributed by atoms with Gasteiger partial charge in [0.05, 0.1) is 10.6 Å². The number of rotatable bonds is 8. The lowest BCUT2D eigenvalue weighted by Crippen LogP contribution is -2.15. The molecule has 0 saturated carbocycles. The van der Waals surface area contributed by atoms with Crippen LogP contribution in [0.1, 0.15) is 10.4 Å². The lowest BCUT2D eigenvalue weighted by Gasteiger charge is -2.12. The van der Waals surface area contributed by atoms with Crippen LogP contribution < -0.4 is 14.8 Å². The highest BCUT2D eigenvalue weighted by Gasteiger charge is 2.17. The molecule has 5 aromatic rings. The Balaban J connectivity index is 1.25. The molecule has 38 heavy (non-hydrogen) atoms. The number of hydrogen-bond donors (Lipinski definition) is 3. The van der Waals surface area contributed by atoms with Gasteiger partial charge in [0, 0.05) is 22.3 Å². The van der Waals surface area contributed by atoms with Gasteiger partial charge in [-0.25, -0.2) is 16.8 Å². The van der Waals surface area contributed by atoms with Crippen LogP contribution >= 0.6 is 11.3 Å². The zero-order valence-electron chi connectivity index (χ0n) is 19.7. The quantitative estimate of drug-likeness (QED) is 0.222. The fourth-order valence-corrected chi connectivity index (χ4v) is 6.88. The topological polar surface area (TPSA) is 121 Å². The van der Waals surface area contributed by atoms with Crippen molar-refractivity contribution in [3.63, 3.8) is 0 Å². The van der Waals surface area contributed by atoms with E-state index in [9.17, 15) is 21.6 Å². The van der Waals surface area contributed by atoms with Crippen molar-refractivity contribution < 1.29 is 21.6 Å². The summed E-state index contributed by atoms with van der Waals surface area (Å²) in [5.41, 5.74) is 1.50. The SMILES string of the molecule is O=C(Nc1ccc(S(=O)(=O)Nc2cccc3ccccc23)cc1)c1ccc(NS(=O)(=O)c2cccs2)cc1. The zero-order valence-corrected chi connectivity index (χ0v) is 22.1. The monoisotopic (exact) mass is 563 g/mol. The predicted octanol–water partition coefficient (Wildman–Crippen LogP) is 5.76. The Hall–Kier alpha value is -4.19. The Bertz CT molecular complexity index is 1810. The molecule has 0 radical (unpaired) electrons. The van der Waals surface area contributed by atoms with Crippen molar-refractivity contribution >= 4 is 65.1 Å². The van der Waals surface area contributed by atoms with Gasteiger partial charge in [-0.2, -0.15) is 0 Å². The summed E-state index contributed by atoms with van der Waals surface area (Å²) in [6.45, 7) is 0. The first-order chi connectivity index (χ1) is 18.2. The Morgan fingerprint density at radius 1 is 0.632 bits per heavy atom. The van der Waals surface area contributed by atoms with Crippen LogP contribution in [-0.4, -0.2) is 22.7 Å². The predicted molar refractivity (Wildman–Crippen MR) is 151 cm³/mol. The summed E-state index contributed by atoms with van der Waals surface area (Å²) in [6, 6.07) is 27.8. The summed E-state index contributed by atoms with van der Waals surface area (Å²) in [5, 5.41) is 6.08. The Morgan fingerprint density at radius 3 is 2.03 bits per heavy atom. The number of carbonyl (C=O) groups excluding carboxylic acids is 1. The van der Waals surface area contributed by atoms with Gasteiger partial charge >= 0.3 is 0 Å². The number of fused-ring (bicyclic) bond motifs is 1. The molecular weight excluding hydrogens is 543 g/mol. The van der Waals surface area contributed by atoms with Crippen molar-refractivity contribution in [2.75, 3.05) is 14.8 Å². The minimum Gasteiger partial charge on any atom is -0.322 e. The number of hydrogen-bond acceptors (Lipinski definition) is 6. The van der Waals surface area contributed by atoms with Crippen LogP contribution in [-0.2, 0) is 20.0 Å². The molecule has 0 aliphatic rings. The highest BCUT2D eigenvalue weighted by molar-refractivity contribution is 7.94. The summed E-state index contributed by atoms with van der Waals surface area (Å²) >= 11 is 1.11. The van der Waals surface area contributed by atoms with E-state index < -0.39 is 26.0 Å². The van der Waals surface area contributed by atoms with Gasteiger partial charge in [-0.3, -0.25) is 14.2 Å². The first-order valence-corrected chi connectivity index (χ1v) is 15.1. The largest absolute Gasteiger partial charge is 0.322 e. The smallest absolute Gasteiger partial charge is 0.271 e. The Kier molecular flexibility index (Phi) is 6.89. The van der Waals surface area contributed by atoms with Crippen molar-refractivity contribution in [1.82, 2.24) is 0 Å². The molecule has 0 atom stereocenters. The highest BCUT2D eigenvalue weighted by atomic mass is 32.2. The minimum atomic E-state index is -3.86. The molecule has 11 heteroatoms. The molecule has 0 aliphatic carbocycles. The van der Waals surface area contributed by atoms with Gasteiger partial charge in [0.25, 0.3) is 26.0 Å². The lowest BCUT2D eigenvalue weighted by atomic mass is 10.1. The van der Waals surface area contributed by atoms with Gasteiger partial charge in [0.2, 0.25) is 0 Å². The normalized spacial score (nSPS) is 11.7. The Morgan fingerprint density at radius 2 is 1.32 bits per heavy atom. The van der Waals surface area contributed by atoms with Gasteiger partial charge < -0.3 is 5.32 Å². The number of carbonyl (C=O) groups is 1. The first-order valence-electron chi connectivity index (χ1n) is 11.3. The fourth-order valence-electron chi connectivity index (χ4n) is 3.75. The molecule has 8 nitrogen and oxygen atoms in total. The third-order valence-electron chi connectivity index (χ3n) is 5.62. The molecule has 1 aromatic heterocycles. The second-order valence-electron chi connectivity index (χ2n) is 8.23. The number of amides is 1. The van der Waals surface area contributed by atoms with Crippen LogP contribution in [0, 0.1) is 0 Å². The molecule has 0 saturated heterocycles. The summed E-state index contributed by atoms with van der Waals surface area (Å²) < 4.78 is 55.9. The second kappa shape index (κ2) is 10.3. The molecule has 0 fully saturated rings. The van der Waals surface area contributed by atoms with E-state index in [-0.39, 0.29) is 9.10 Å². The van der Waals surface area contributed by atoms with E-state index in [1.165, 1.54) is 54.6 Å². The molecule has 0 bridgehead atoms. The van der Waals surface area contributed by atoms with E-state index in [1.54, 1.807) is 23.6 Å².